The summed E-state index contributed by atoms with van der Waals surface area (Å²) in [4.78, 5) is 0. The van der Waals surface area contributed by atoms with Crippen molar-refractivity contribution in [2.75, 3.05) is 0 Å². The minimum Gasteiger partial charge on any atom is -0.309 e. The van der Waals surface area contributed by atoms with Crippen LogP contribution in [0.15, 0.2) is 188 Å². The highest BCUT2D eigenvalue weighted by molar-refractivity contribution is 6.09. The van der Waals surface area contributed by atoms with E-state index in [9.17, 15) is 0 Å². The van der Waals surface area contributed by atoms with Gasteiger partial charge in [0.05, 0.1) is 11.0 Å². The number of fused-ring (bicyclic) bond motifs is 3. The highest BCUT2D eigenvalue weighted by Crippen LogP contribution is 2.51. The van der Waals surface area contributed by atoms with Crippen LogP contribution in [-0.4, -0.2) is 4.57 Å². The summed E-state index contributed by atoms with van der Waals surface area (Å²) >= 11 is 0. The lowest BCUT2D eigenvalue weighted by atomic mass is 10.0. The number of hydrogen-bond donors (Lipinski definition) is 0. The maximum atomic E-state index is 2.38. The molecule has 0 fully saturated rings. The molecule has 44 heavy (non-hydrogen) atoms. The third-order valence-corrected chi connectivity index (χ3v) is 8.72. The molecule has 0 saturated heterocycles. The summed E-state index contributed by atoms with van der Waals surface area (Å²) in [6, 6.07) is 67.8. The Hall–Kier alpha value is -5.70. The van der Waals surface area contributed by atoms with Gasteiger partial charge in [-0.3, -0.25) is 0 Å². The van der Waals surface area contributed by atoms with Crippen molar-refractivity contribution >= 4 is 44.6 Å². The fourth-order valence-electron chi connectivity index (χ4n) is 6.73. The highest BCUT2D eigenvalue weighted by Gasteiger charge is 2.39. The second-order valence-electron chi connectivity index (χ2n) is 11.1. The fourth-order valence-corrected chi connectivity index (χ4v) is 6.73. The second kappa shape index (κ2) is 10.9. The van der Waals surface area contributed by atoms with Crippen LogP contribution in [0.4, 0.5) is 22.7 Å². The second-order valence-corrected chi connectivity index (χ2v) is 11.1. The van der Waals surface area contributed by atoms with Crippen molar-refractivity contribution in [3.05, 3.63) is 188 Å². The molecule has 0 radical (unpaired) electrons. The maximum absolute atomic E-state index is 2.38. The van der Waals surface area contributed by atoms with Gasteiger partial charge in [0.1, 0.15) is 22.7 Å². The molecule has 208 valence electrons. The first-order valence-corrected chi connectivity index (χ1v) is 15.1. The van der Waals surface area contributed by atoms with Crippen molar-refractivity contribution in [3.63, 3.8) is 0 Å². The predicted octanol–water partition coefficient (Wildman–Crippen LogP) is 11.8. The summed E-state index contributed by atoms with van der Waals surface area (Å²) in [5, 5.41) is 2.54. The van der Waals surface area contributed by atoms with Crippen LogP contribution in [0.1, 0.15) is 0 Å². The van der Waals surface area contributed by atoms with Crippen LogP contribution in [0.5, 0.6) is 0 Å². The van der Waals surface area contributed by atoms with E-state index in [-0.39, 0.29) is 0 Å². The zero-order valence-electron chi connectivity index (χ0n) is 24.3. The number of benzene rings is 7. The average Bonchev–Trinajstić information content (AvgIpc) is 3.45. The summed E-state index contributed by atoms with van der Waals surface area (Å²) in [6.07, 6.45) is 0. The van der Waals surface area contributed by atoms with E-state index in [0.717, 1.165) is 5.69 Å². The van der Waals surface area contributed by atoms with Gasteiger partial charge in [0, 0.05) is 65.0 Å². The van der Waals surface area contributed by atoms with Gasteiger partial charge in [-0.25, -0.2) is 0 Å². The van der Waals surface area contributed by atoms with Gasteiger partial charge in [-0.2, -0.15) is 4.48 Å². The van der Waals surface area contributed by atoms with E-state index in [0.29, 0.717) is 4.48 Å². The van der Waals surface area contributed by atoms with E-state index in [1.54, 1.807) is 0 Å². The highest BCUT2D eigenvalue weighted by atomic mass is 15.4. The lowest BCUT2D eigenvalue weighted by molar-refractivity contribution is 0.703. The number of nitrogens with zero attached hydrogens (tertiary/aromatic N) is 2. The lowest BCUT2D eigenvalue weighted by Crippen LogP contribution is -2.33. The smallest absolute Gasteiger partial charge is 0.148 e. The molecule has 0 amide bonds. The summed E-state index contributed by atoms with van der Waals surface area (Å²) in [6.45, 7) is 0. The zero-order valence-corrected chi connectivity index (χ0v) is 24.3. The SMILES string of the molecule is c1ccc(-c2ccc([N+](c3ccccc3)(c3ccccc3)c3ccc(-n4c5ccccc5c5ccccc54)cc3)cc2)cc1. The molecule has 0 N–H and O–H groups in total. The summed E-state index contributed by atoms with van der Waals surface area (Å²) in [5.74, 6) is 0. The van der Waals surface area contributed by atoms with Gasteiger partial charge < -0.3 is 4.57 Å². The van der Waals surface area contributed by atoms with Gasteiger partial charge in [0.2, 0.25) is 0 Å². The summed E-state index contributed by atoms with van der Waals surface area (Å²) in [5.41, 5.74) is 10.7. The minimum atomic E-state index is 0.463. The standard InChI is InChI=1S/C42H31N2/c1-4-14-32(15-5-1)33-24-28-37(29-25-33)44(35-16-6-2-7-17-35,36-18-8-3-9-19-36)38-30-26-34(27-31-38)43-41-22-12-10-20-39(41)40-21-11-13-23-42(40)43/h1-31H/q+1. The van der Waals surface area contributed by atoms with Crippen LogP contribution in [0, 0.1) is 0 Å². The zero-order chi connectivity index (χ0) is 29.3. The van der Waals surface area contributed by atoms with Gasteiger partial charge in [-0.15, -0.1) is 0 Å². The molecular weight excluding hydrogens is 532 g/mol. The molecule has 1 aromatic heterocycles. The van der Waals surface area contributed by atoms with Crippen LogP contribution in [0.25, 0.3) is 38.6 Å². The first-order valence-electron chi connectivity index (χ1n) is 15.1. The summed E-state index contributed by atoms with van der Waals surface area (Å²) < 4.78 is 2.84. The molecule has 8 aromatic rings. The topological polar surface area (TPSA) is 4.93 Å². The number of quaternary nitrogens is 1. The molecule has 0 aliphatic heterocycles. The first-order chi connectivity index (χ1) is 21.8. The van der Waals surface area contributed by atoms with Crippen LogP contribution in [0.2, 0.25) is 0 Å². The Labute approximate surface area is 257 Å². The molecular formula is C42H31N2+. The third-order valence-electron chi connectivity index (χ3n) is 8.72. The average molecular weight is 564 g/mol. The number of rotatable bonds is 6. The van der Waals surface area contributed by atoms with E-state index >= 15 is 0 Å². The Bertz CT molecular complexity index is 2090. The lowest BCUT2D eigenvalue weighted by Gasteiger charge is -2.37. The monoisotopic (exact) mass is 563 g/mol. The number of aromatic nitrogens is 1. The Morgan fingerprint density at radius 3 is 1.16 bits per heavy atom. The Morgan fingerprint density at radius 1 is 0.295 bits per heavy atom. The number of hydrogen-bond acceptors (Lipinski definition) is 0. The van der Waals surface area contributed by atoms with Crippen molar-refractivity contribution in [2.24, 2.45) is 0 Å². The molecule has 2 nitrogen and oxygen atoms in total. The van der Waals surface area contributed by atoms with Crippen molar-refractivity contribution in [2.45, 2.75) is 0 Å². The molecule has 0 aliphatic carbocycles. The fraction of sp³-hybridized carbons (Fsp3) is 0. The van der Waals surface area contributed by atoms with E-state index in [1.165, 1.54) is 55.7 Å². The van der Waals surface area contributed by atoms with E-state index in [1.807, 2.05) is 0 Å². The maximum Gasteiger partial charge on any atom is 0.148 e. The largest absolute Gasteiger partial charge is 0.309 e. The minimum absolute atomic E-state index is 0.463. The van der Waals surface area contributed by atoms with Crippen molar-refractivity contribution < 1.29 is 0 Å². The predicted molar refractivity (Wildman–Crippen MR) is 186 cm³/mol. The van der Waals surface area contributed by atoms with Crippen molar-refractivity contribution in [1.82, 2.24) is 9.05 Å². The Balaban J connectivity index is 1.35. The quantitative estimate of drug-likeness (QED) is 0.177. The molecule has 0 atom stereocenters. The molecule has 7 aromatic carbocycles. The van der Waals surface area contributed by atoms with Crippen LogP contribution in [-0.2, 0) is 0 Å². The van der Waals surface area contributed by atoms with E-state index in [2.05, 4.69) is 193 Å². The van der Waals surface area contributed by atoms with Gasteiger partial charge in [0.25, 0.3) is 0 Å². The molecule has 0 aliphatic rings. The Morgan fingerprint density at radius 2 is 0.659 bits per heavy atom. The molecule has 1 heterocycles. The van der Waals surface area contributed by atoms with Crippen molar-refractivity contribution in [1.29, 1.82) is 0 Å². The van der Waals surface area contributed by atoms with E-state index in [4.69, 9.17) is 0 Å². The van der Waals surface area contributed by atoms with Gasteiger partial charge in [-0.1, -0.05) is 103 Å². The molecule has 8 rings (SSSR count). The van der Waals surface area contributed by atoms with Gasteiger partial charge in [-0.05, 0) is 47.5 Å². The summed E-state index contributed by atoms with van der Waals surface area (Å²) in [7, 11) is 0. The van der Waals surface area contributed by atoms with Gasteiger partial charge in [0.15, 0.2) is 0 Å². The Kier molecular flexibility index (Phi) is 6.40. The molecule has 0 bridgehead atoms. The van der Waals surface area contributed by atoms with Crippen LogP contribution >= 0.6 is 0 Å². The first kappa shape index (κ1) is 26.0. The molecule has 2 heteroatoms. The van der Waals surface area contributed by atoms with Gasteiger partial charge >= 0.3 is 0 Å². The number of para-hydroxylation sites is 4. The van der Waals surface area contributed by atoms with Crippen LogP contribution < -0.4 is 4.48 Å². The molecule has 0 saturated carbocycles. The van der Waals surface area contributed by atoms with Crippen molar-refractivity contribution in [3.8, 4) is 16.8 Å². The van der Waals surface area contributed by atoms with Crippen LogP contribution in [0.3, 0.4) is 0 Å². The molecule has 0 unspecified atom stereocenters. The van der Waals surface area contributed by atoms with E-state index < -0.39 is 0 Å². The molecule has 0 spiro atoms. The normalized spacial score (nSPS) is 11.6. The third kappa shape index (κ3) is 4.16.